The van der Waals surface area contributed by atoms with Gasteiger partial charge in [0, 0.05) is 18.8 Å². The van der Waals surface area contributed by atoms with Crippen LogP contribution in [0.3, 0.4) is 0 Å². The zero-order chi connectivity index (χ0) is 12.6. The summed E-state index contributed by atoms with van der Waals surface area (Å²) >= 11 is 0. The van der Waals surface area contributed by atoms with E-state index in [2.05, 4.69) is 17.2 Å². The first kappa shape index (κ1) is 13.5. The molecule has 1 aromatic heterocycles. The highest BCUT2D eigenvalue weighted by molar-refractivity contribution is 5.05. The molecule has 2 rings (SSSR count). The Hall–Kier alpha value is -0.930. The number of piperidine rings is 1. The van der Waals surface area contributed by atoms with Gasteiger partial charge in [-0.25, -0.2) is 0 Å². The summed E-state index contributed by atoms with van der Waals surface area (Å²) in [7, 11) is 0. The smallest absolute Gasteiger partial charge is 0.0966 e. The van der Waals surface area contributed by atoms with Gasteiger partial charge >= 0.3 is 0 Å². The van der Waals surface area contributed by atoms with Crippen molar-refractivity contribution in [3.05, 3.63) is 30.1 Å². The van der Waals surface area contributed by atoms with Gasteiger partial charge in [-0.3, -0.25) is 4.98 Å². The molecule has 1 saturated heterocycles. The predicted molar refractivity (Wildman–Crippen MR) is 73.5 cm³/mol. The number of hydrogen-bond donors (Lipinski definition) is 1. The topological polar surface area (TPSA) is 34.1 Å². The molecule has 1 fully saturated rings. The Balaban J connectivity index is 1.60. The van der Waals surface area contributed by atoms with Gasteiger partial charge in [-0.15, -0.1) is 0 Å². The molecular formula is C15H24N2O. The minimum absolute atomic E-state index is 0.102. The molecule has 18 heavy (non-hydrogen) atoms. The summed E-state index contributed by atoms with van der Waals surface area (Å²) in [5, 5.41) is 3.57. The van der Waals surface area contributed by atoms with Crippen LogP contribution in [0, 0.1) is 0 Å². The number of hydrogen-bond acceptors (Lipinski definition) is 3. The van der Waals surface area contributed by atoms with Crippen LogP contribution in [-0.2, 0) is 4.74 Å². The quantitative estimate of drug-likeness (QED) is 0.786. The molecule has 1 aromatic rings. The zero-order valence-electron chi connectivity index (χ0n) is 11.3. The number of nitrogens with one attached hydrogen (secondary N) is 1. The van der Waals surface area contributed by atoms with Crippen LogP contribution < -0.4 is 5.32 Å². The van der Waals surface area contributed by atoms with Gasteiger partial charge in [0.15, 0.2) is 0 Å². The molecule has 0 unspecified atom stereocenters. The van der Waals surface area contributed by atoms with Crippen LogP contribution in [0.4, 0.5) is 0 Å². The summed E-state index contributed by atoms with van der Waals surface area (Å²) < 4.78 is 5.83. The fourth-order valence-electron chi connectivity index (χ4n) is 2.46. The lowest BCUT2D eigenvalue weighted by Crippen LogP contribution is -2.34. The van der Waals surface area contributed by atoms with Crippen molar-refractivity contribution in [1.82, 2.24) is 10.3 Å². The molecule has 0 bridgehead atoms. The molecule has 3 heteroatoms. The van der Waals surface area contributed by atoms with E-state index in [0.29, 0.717) is 6.04 Å². The molecule has 2 atom stereocenters. The van der Waals surface area contributed by atoms with Crippen LogP contribution in [0.25, 0.3) is 0 Å². The second-order valence-corrected chi connectivity index (χ2v) is 5.06. The van der Waals surface area contributed by atoms with Crippen molar-refractivity contribution in [3.8, 4) is 0 Å². The van der Waals surface area contributed by atoms with E-state index in [1.807, 2.05) is 24.4 Å². The number of rotatable bonds is 6. The second kappa shape index (κ2) is 7.49. The predicted octanol–water partition coefficient (Wildman–Crippen LogP) is 3.08. The van der Waals surface area contributed by atoms with Crippen molar-refractivity contribution in [3.63, 3.8) is 0 Å². The molecule has 0 spiro atoms. The number of pyridine rings is 1. The van der Waals surface area contributed by atoms with E-state index in [1.54, 1.807) is 0 Å². The van der Waals surface area contributed by atoms with Gasteiger partial charge in [0.25, 0.3) is 0 Å². The number of ether oxygens (including phenoxy) is 1. The molecule has 0 radical (unpaired) electrons. The van der Waals surface area contributed by atoms with Crippen molar-refractivity contribution in [1.29, 1.82) is 0 Å². The lowest BCUT2D eigenvalue weighted by Gasteiger charge is -2.23. The van der Waals surface area contributed by atoms with Crippen LogP contribution in [0.2, 0.25) is 0 Å². The minimum Gasteiger partial charge on any atom is -0.372 e. The monoisotopic (exact) mass is 248 g/mol. The van der Waals surface area contributed by atoms with E-state index in [1.165, 1.54) is 32.2 Å². The van der Waals surface area contributed by atoms with Gasteiger partial charge in [0.2, 0.25) is 0 Å². The van der Waals surface area contributed by atoms with E-state index in [0.717, 1.165) is 18.7 Å². The minimum atomic E-state index is 0.102. The first-order valence-electron chi connectivity index (χ1n) is 7.12. The molecule has 0 aromatic carbocycles. The number of nitrogens with zero attached hydrogens (tertiary/aromatic N) is 1. The van der Waals surface area contributed by atoms with E-state index in [9.17, 15) is 0 Å². The summed E-state index contributed by atoms with van der Waals surface area (Å²) in [5.74, 6) is 0. The van der Waals surface area contributed by atoms with E-state index in [4.69, 9.17) is 4.74 Å². The van der Waals surface area contributed by atoms with Crippen molar-refractivity contribution >= 4 is 0 Å². The highest BCUT2D eigenvalue weighted by atomic mass is 16.5. The second-order valence-electron chi connectivity index (χ2n) is 5.06. The van der Waals surface area contributed by atoms with Crippen molar-refractivity contribution in [2.75, 3.05) is 13.2 Å². The largest absolute Gasteiger partial charge is 0.372 e. The van der Waals surface area contributed by atoms with Gasteiger partial charge in [-0.1, -0.05) is 12.5 Å². The molecule has 2 heterocycles. The molecule has 0 saturated carbocycles. The summed E-state index contributed by atoms with van der Waals surface area (Å²) in [6, 6.07) is 6.68. The van der Waals surface area contributed by atoms with E-state index < -0.39 is 0 Å². The zero-order valence-corrected chi connectivity index (χ0v) is 11.3. The van der Waals surface area contributed by atoms with Crippen molar-refractivity contribution in [2.24, 2.45) is 0 Å². The third-order valence-electron chi connectivity index (χ3n) is 3.58. The molecule has 0 aliphatic carbocycles. The molecule has 100 valence electrons. The molecule has 3 nitrogen and oxygen atoms in total. The Morgan fingerprint density at radius 3 is 3.11 bits per heavy atom. The third kappa shape index (κ3) is 4.39. The summed E-state index contributed by atoms with van der Waals surface area (Å²) in [4.78, 5) is 4.31. The van der Waals surface area contributed by atoms with Crippen LogP contribution in [0.1, 0.15) is 50.8 Å². The Morgan fingerprint density at radius 1 is 1.44 bits per heavy atom. The standard InChI is InChI=1S/C15H24N2O/c1-13(15-9-3-5-11-17-15)18-12-6-8-14-7-2-4-10-16-14/h3,5,9,11,13-14,16H,2,4,6-8,10,12H2,1H3/t13-,14+/m1/s1. The average Bonchev–Trinajstić information content (AvgIpc) is 2.45. The normalized spacial score (nSPS) is 21.7. The summed E-state index contributed by atoms with van der Waals surface area (Å²) in [5.41, 5.74) is 1.02. The molecule has 1 aliphatic heterocycles. The van der Waals surface area contributed by atoms with Gasteiger partial charge in [0.05, 0.1) is 11.8 Å². The Kier molecular flexibility index (Phi) is 5.62. The maximum absolute atomic E-state index is 5.83. The molecule has 1 aliphatic rings. The Labute approximate surface area is 110 Å². The fourth-order valence-corrected chi connectivity index (χ4v) is 2.46. The van der Waals surface area contributed by atoms with Crippen molar-refractivity contribution in [2.45, 2.75) is 51.2 Å². The van der Waals surface area contributed by atoms with Crippen LogP contribution in [0.15, 0.2) is 24.4 Å². The van der Waals surface area contributed by atoms with E-state index >= 15 is 0 Å². The lowest BCUT2D eigenvalue weighted by molar-refractivity contribution is 0.0584. The molecule has 0 amide bonds. The van der Waals surface area contributed by atoms with Crippen LogP contribution >= 0.6 is 0 Å². The first-order chi connectivity index (χ1) is 8.86. The van der Waals surface area contributed by atoms with Gasteiger partial charge in [0.1, 0.15) is 0 Å². The first-order valence-corrected chi connectivity index (χ1v) is 7.12. The van der Waals surface area contributed by atoms with Gasteiger partial charge < -0.3 is 10.1 Å². The van der Waals surface area contributed by atoms with Gasteiger partial charge in [-0.2, -0.15) is 0 Å². The summed E-state index contributed by atoms with van der Waals surface area (Å²) in [6.07, 6.45) is 8.33. The van der Waals surface area contributed by atoms with E-state index in [-0.39, 0.29) is 6.10 Å². The Bertz CT molecular complexity index is 323. The van der Waals surface area contributed by atoms with Crippen molar-refractivity contribution < 1.29 is 4.74 Å². The van der Waals surface area contributed by atoms with Gasteiger partial charge in [-0.05, 0) is 51.3 Å². The number of aromatic nitrogens is 1. The highest BCUT2D eigenvalue weighted by Gasteiger charge is 2.12. The molecule has 1 N–H and O–H groups in total. The SMILES string of the molecule is C[C@@H](OCCC[C@@H]1CCCCN1)c1ccccn1. The maximum atomic E-state index is 5.83. The lowest BCUT2D eigenvalue weighted by atomic mass is 10.0. The third-order valence-corrected chi connectivity index (χ3v) is 3.58. The average molecular weight is 248 g/mol. The Morgan fingerprint density at radius 2 is 2.39 bits per heavy atom. The molecular weight excluding hydrogens is 224 g/mol. The van der Waals surface area contributed by atoms with Crippen LogP contribution in [0.5, 0.6) is 0 Å². The fraction of sp³-hybridized carbons (Fsp3) is 0.667. The van der Waals surface area contributed by atoms with Crippen LogP contribution in [-0.4, -0.2) is 24.2 Å². The maximum Gasteiger partial charge on any atom is 0.0966 e. The summed E-state index contributed by atoms with van der Waals surface area (Å²) in [6.45, 7) is 4.09. The highest BCUT2D eigenvalue weighted by Crippen LogP contribution is 2.15.